The van der Waals surface area contributed by atoms with Gasteiger partial charge in [0.25, 0.3) is 0 Å². The van der Waals surface area contributed by atoms with Gasteiger partial charge >= 0.3 is 11.7 Å². The van der Waals surface area contributed by atoms with Crippen molar-refractivity contribution < 1.29 is 27.8 Å². The Balaban J connectivity index is 1.80. The average molecular weight is 511 g/mol. The molecular weight excluding hydrogens is 484 g/mol. The molecule has 0 radical (unpaired) electrons. The Bertz CT molecular complexity index is 1620. The van der Waals surface area contributed by atoms with Gasteiger partial charge in [-0.1, -0.05) is 19.1 Å². The number of aromatic carboxylic acids is 1. The van der Waals surface area contributed by atoms with E-state index in [9.17, 15) is 23.1 Å². The Hall–Kier alpha value is -4.05. The first-order valence-electron chi connectivity index (χ1n) is 11.3. The van der Waals surface area contributed by atoms with Crippen molar-refractivity contribution in [2.24, 2.45) is 14.1 Å². The molecule has 188 valence electrons. The average Bonchev–Trinajstić information content (AvgIpc) is 3.06. The zero-order valence-corrected chi connectivity index (χ0v) is 20.9. The van der Waals surface area contributed by atoms with E-state index in [0.29, 0.717) is 34.7 Å². The molecule has 10 heteroatoms. The van der Waals surface area contributed by atoms with Gasteiger partial charge in [-0.15, -0.1) is 0 Å². The Morgan fingerprint density at radius 3 is 2.31 bits per heavy atom. The minimum absolute atomic E-state index is 0.120. The molecular formula is C26H26N2O7S. The number of hydrogen-bond acceptors (Lipinski definition) is 6. The molecule has 0 spiro atoms. The number of nitrogens with zero attached hydrogens (tertiary/aromatic N) is 2. The summed E-state index contributed by atoms with van der Waals surface area (Å²) < 4.78 is 41.3. The van der Waals surface area contributed by atoms with E-state index in [1.54, 1.807) is 50.5 Å². The van der Waals surface area contributed by atoms with Crippen LogP contribution >= 0.6 is 0 Å². The molecule has 0 bridgehead atoms. The molecule has 0 saturated heterocycles. The number of fused-ring (bicyclic) bond motifs is 1. The number of ether oxygens (including phenoxy) is 2. The standard InChI is InChI=1S/C26H26N2O7S/c1-4-11-34-19-8-6-9-20(14-19)35-24-15-23-22(27(2)26(31)28(23)3)13-18(24)16-36(32,33)21-10-5-7-17(12-21)25(29)30/h5-10,12-15H,4,11,16H2,1-3H3,(H,29,30). The van der Waals surface area contributed by atoms with Gasteiger partial charge in [-0.25, -0.2) is 18.0 Å². The summed E-state index contributed by atoms with van der Waals surface area (Å²) in [5.41, 5.74) is 1.05. The monoisotopic (exact) mass is 510 g/mol. The second-order valence-corrected chi connectivity index (χ2v) is 10.4. The molecule has 0 unspecified atom stereocenters. The lowest BCUT2D eigenvalue weighted by Gasteiger charge is -2.14. The van der Waals surface area contributed by atoms with Gasteiger partial charge in [-0.3, -0.25) is 9.13 Å². The zero-order valence-electron chi connectivity index (χ0n) is 20.1. The first-order valence-corrected chi connectivity index (χ1v) is 12.9. The maximum atomic E-state index is 13.3. The SMILES string of the molecule is CCCOc1cccc(Oc2cc3c(cc2CS(=O)(=O)c2cccc(C(=O)O)c2)n(C)c(=O)n3C)c1. The van der Waals surface area contributed by atoms with Gasteiger partial charge in [-0.05, 0) is 42.8 Å². The lowest BCUT2D eigenvalue weighted by molar-refractivity contribution is 0.0696. The van der Waals surface area contributed by atoms with E-state index < -0.39 is 21.6 Å². The third kappa shape index (κ3) is 4.99. The van der Waals surface area contributed by atoms with E-state index in [2.05, 4.69) is 0 Å². The van der Waals surface area contributed by atoms with Gasteiger partial charge in [0.2, 0.25) is 0 Å². The number of imidazole rings is 1. The van der Waals surface area contributed by atoms with Crippen LogP contribution in [-0.2, 0) is 29.7 Å². The minimum Gasteiger partial charge on any atom is -0.493 e. The van der Waals surface area contributed by atoms with Crippen molar-refractivity contribution in [1.82, 2.24) is 9.13 Å². The van der Waals surface area contributed by atoms with Gasteiger partial charge in [0.15, 0.2) is 9.84 Å². The molecule has 0 aliphatic carbocycles. The third-order valence-electron chi connectivity index (χ3n) is 5.75. The molecule has 1 N–H and O–H groups in total. The van der Waals surface area contributed by atoms with Crippen LogP contribution in [0.5, 0.6) is 17.2 Å². The molecule has 1 heterocycles. The van der Waals surface area contributed by atoms with E-state index in [1.165, 1.54) is 27.3 Å². The molecule has 0 atom stereocenters. The minimum atomic E-state index is -3.95. The van der Waals surface area contributed by atoms with Crippen LogP contribution in [0.3, 0.4) is 0 Å². The van der Waals surface area contributed by atoms with E-state index in [0.717, 1.165) is 12.5 Å². The number of aryl methyl sites for hydroxylation is 2. The van der Waals surface area contributed by atoms with Crippen molar-refractivity contribution in [3.05, 3.63) is 82.3 Å². The second-order valence-electron chi connectivity index (χ2n) is 8.37. The molecule has 1 aromatic heterocycles. The van der Waals surface area contributed by atoms with E-state index in [-0.39, 0.29) is 21.9 Å². The predicted octanol–water partition coefficient (Wildman–Crippen LogP) is 4.13. The lowest BCUT2D eigenvalue weighted by Crippen LogP contribution is -2.19. The first kappa shape index (κ1) is 25.1. The molecule has 0 saturated carbocycles. The smallest absolute Gasteiger partial charge is 0.335 e. The number of hydrogen-bond donors (Lipinski definition) is 1. The molecule has 0 fully saturated rings. The van der Waals surface area contributed by atoms with Crippen molar-refractivity contribution in [2.45, 2.75) is 24.0 Å². The van der Waals surface area contributed by atoms with Gasteiger partial charge < -0.3 is 14.6 Å². The van der Waals surface area contributed by atoms with Crippen molar-refractivity contribution in [2.75, 3.05) is 6.61 Å². The van der Waals surface area contributed by atoms with Crippen LogP contribution in [0, 0.1) is 0 Å². The van der Waals surface area contributed by atoms with Crippen LogP contribution < -0.4 is 15.2 Å². The zero-order chi connectivity index (χ0) is 26.0. The number of carboxylic acids is 1. The van der Waals surface area contributed by atoms with Gasteiger partial charge in [0.05, 0.1) is 33.9 Å². The molecule has 36 heavy (non-hydrogen) atoms. The number of sulfone groups is 1. The van der Waals surface area contributed by atoms with Crippen LogP contribution in [0.1, 0.15) is 29.3 Å². The molecule has 0 amide bonds. The number of rotatable bonds is 9. The topological polar surface area (TPSA) is 117 Å². The fraction of sp³-hybridized carbons (Fsp3) is 0.231. The fourth-order valence-corrected chi connectivity index (χ4v) is 5.26. The summed E-state index contributed by atoms with van der Waals surface area (Å²) in [5, 5.41) is 9.27. The third-order valence-corrected chi connectivity index (χ3v) is 7.41. The van der Waals surface area contributed by atoms with Crippen LogP contribution in [0.4, 0.5) is 0 Å². The highest BCUT2D eigenvalue weighted by Gasteiger charge is 2.22. The molecule has 0 aliphatic heterocycles. The van der Waals surface area contributed by atoms with Crippen LogP contribution in [0.15, 0.2) is 70.4 Å². The number of aromatic nitrogens is 2. The van der Waals surface area contributed by atoms with Crippen molar-refractivity contribution >= 4 is 26.8 Å². The summed E-state index contributed by atoms with van der Waals surface area (Å²) in [6.45, 7) is 2.54. The van der Waals surface area contributed by atoms with Gasteiger partial charge in [-0.2, -0.15) is 0 Å². The highest BCUT2D eigenvalue weighted by atomic mass is 32.2. The number of carboxylic acid groups (broad SMARTS) is 1. The Morgan fingerprint density at radius 1 is 0.944 bits per heavy atom. The Labute approximate surface area is 208 Å². The highest BCUT2D eigenvalue weighted by molar-refractivity contribution is 7.90. The summed E-state index contributed by atoms with van der Waals surface area (Å²) in [5.74, 6) is -0.370. The maximum absolute atomic E-state index is 13.3. The Morgan fingerprint density at radius 2 is 1.61 bits per heavy atom. The molecule has 4 aromatic rings. The van der Waals surface area contributed by atoms with E-state index in [1.807, 2.05) is 6.92 Å². The maximum Gasteiger partial charge on any atom is 0.335 e. The number of carbonyl (C=O) groups is 1. The quantitative estimate of drug-likeness (QED) is 0.360. The van der Waals surface area contributed by atoms with E-state index >= 15 is 0 Å². The summed E-state index contributed by atoms with van der Waals surface area (Å²) in [4.78, 5) is 23.7. The fourth-order valence-electron chi connectivity index (χ4n) is 3.86. The van der Waals surface area contributed by atoms with Gasteiger partial charge in [0.1, 0.15) is 17.2 Å². The molecule has 4 rings (SSSR count). The van der Waals surface area contributed by atoms with Crippen LogP contribution in [-0.4, -0.2) is 35.2 Å². The van der Waals surface area contributed by atoms with Crippen molar-refractivity contribution in [1.29, 1.82) is 0 Å². The Kier molecular flexibility index (Phi) is 6.89. The van der Waals surface area contributed by atoms with Crippen LogP contribution in [0.25, 0.3) is 11.0 Å². The van der Waals surface area contributed by atoms with Crippen LogP contribution in [0.2, 0.25) is 0 Å². The second kappa shape index (κ2) is 9.90. The molecule has 9 nitrogen and oxygen atoms in total. The summed E-state index contributed by atoms with van der Waals surface area (Å²) in [6, 6.07) is 15.4. The first-order chi connectivity index (χ1) is 17.1. The summed E-state index contributed by atoms with van der Waals surface area (Å²) >= 11 is 0. The normalized spacial score (nSPS) is 11.5. The van der Waals surface area contributed by atoms with Crippen molar-refractivity contribution in [3.63, 3.8) is 0 Å². The lowest BCUT2D eigenvalue weighted by atomic mass is 10.2. The van der Waals surface area contributed by atoms with Crippen molar-refractivity contribution in [3.8, 4) is 17.2 Å². The van der Waals surface area contributed by atoms with Gasteiger partial charge in [0, 0.05) is 31.8 Å². The predicted molar refractivity (Wildman–Crippen MR) is 135 cm³/mol. The number of benzene rings is 3. The molecule has 3 aromatic carbocycles. The van der Waals surface area contributed by atoms with E-state index in [4.69, 9.17) is 9.47 Å². The summed E-state index contributed by atoms with van der Waals surface area (Å²) in [7, 11) is -0.719. The highest BCUT2D eigenvalue weighted by Crippen LogP contribution is 2.33. The largest absolute Gasteiger partial charge is 0.493 e. The molecule has 0 aliphatic rings. The summed E-state index contributed by atoms with van der Waals surface area (Å²) in [6.07, 6.45) is 0.842.